The third kappa shape index (κ3) is 4.07. The Morgan fingerprint density at radius 2 is 1.28 bits per heavy atom. The molecule has 2 N–H and O–H groups in total. The summed E-state index contributed by atoms with van der Waals surface area (Å²) in [5.74, 6) is 0. The van der Waals surface area contributed by atoms with Crippen LogP contribution in [0.4, 0.5) is 16.2 Å². The molecule has 0 aliphatic rings. The second-order valence-electron chi connectivity index (χ2n) is 6.30. The number of urea groups is 1. The van der Waals surface area contributed by atoms with Gasteiger partial charge in [0.2, 0.25) is 0 Å². The molecule has 2 amide bonds. The van der Waals surface area contributed by atoms with Crippen molar-refractivity contribution in [1.29, 1.82) is 0 Å². The van der Waals surface area contributed by atoms with Crippen LogP contribution in [0, 0.1) is 20.8 Å². The van der Waals surface area contributed by atoms with E-state index in [0.29, 0.717) is 0 Å². The number of carbonyl (C=O) groups is 1. The fraction of sp³-hybridized carbons (Fsp3) is 0.136. The van der Waals surface area contributed by atoms with Gasteiger partial charge in [0.25, 0.3) is 0 Å². The van der Waals surface area contributed by atoms with Crippen LogP contribution in [0.5, 0.6) is 0 Å². The van der Waals surface area contributed by atoms with Gasteiger partial charge in [-0.1, -0.05) is 60.2 Å². The molecule has 3 aromatic rings. The minimum Gasteiger partial charge on any atom is -0.308 e. The van der Waals surface area contributed by atoms with E-state index in [1.54, 1.807) is 0 Å². The number of hydrogen-bond donors (Lipinski definition) is 2. The van der Waals surface area contributed by atoms with Crippen LogP contribution in [0.2, 0.25) is 0 Å². The Balaban J connectivity index is 1.70. The number of hydrogen-bond acceptors (Lipinski definition) is 1. The van der Waals surface area contributed by atoms with Gasteiger partial charge in [-0.25, -0.2) is 4.79 Å². The molecule has 0 saturated carbocycles. The van der Waals surface area contributed by atoms with Crippen molar-refractivity contribution >= 4 is 17.4 Å². The number of benzene rings is 3. The molecular formula is C22H22N2O. The largest absolute Gasteiger partial charge is 0.323 e. The number of aryl methyl sites for hydroxylation is 3. The molecule has 3 heteroatoms. The highest BCUT2D eigenvalue weighted by atomic mass is 16.2. The predicted molar refractivity (Wildman–Crippen MR) is 105 cm³/mol. The number of amides is 2. The van der Waals surface area contributed by atoms with Gasteiger partial charge in [0.15, 0.2) is 0 Å². The quantitative estimate of drug-likeness (QED) is 0.614. The van der Waals surface area contributed by atoms with Crippen molar-refractivity contribution in [3.05, 3.63) is 83.4 Å². The zero-order valence-corrected chi connectivity index (χ0v) is 14.8. The number of nitrogens with one attached hydrogen (secondary N) is 2. The molecule has 0 fully saturated rings. The summed E-state index contributed by atoms with van der Waals surface area (Å²) in [4.78, 5) is 12.3. The maximum atomic E-state index is 12.3. The molecule has 0 bridgehead atoms. The maximum absolute atomic E-state index is 12.3. The van der Waals surface area contributed by atoms with E-state index >= 15 is 0 Å². The summed E-state index contributed by atoms with van der Waals surface area (Å²) in [7, 11) is 0. The van der Waals surface area contributed by atoms with Gasteiger partial charge in [-0.2, -0.15) is 0 Å². The molecule has 0 aliphatic carbocycles. The van der Waals surface area contributed by atoms with Crippen molar-refractivity contribution in [3.8, 4) is 11.1 Å². The van der Waals surface area contributed by atoms with Gasteiger partial charge in [0, 0.05) is 11.4 Å². The monoisotopic (exact) mass is 330 g/mol. The van der Waals surface area contributed by atoms with Crippen molar-refractivity contribution in [2.75, 3.05) is 10.6 Å². The van der Waals surface area contributed by atoms with E-state index in [1.807, 2.05) is 56.3 Å². The summed E-state index contributed by atoms with van der Waals surface area (Å²) >= 11 is 0. The first-order valence-corrected chi connectivity index (χ1v) is 8.34. The highest BCUT2D eigenvalue weighted by Crippen LogP contribution is 2.23. The molecule has 0 atom stereocenters. The van der Waals surface area contributed by atoms with E-state index in [2.05, 4.69) is 41.8 Å². The van der Waals surface area contributed by atoms with Gasteiger partial charge >= 0.3 is 6.03 Å². The van der Waals surface area contributed by atoms with E-state index in [4.69, 9.17) is 0 Å². The molecule has 0 aliphatic heterocycles. The maximum Gasteiger partial charge on any atom is 0.323 e. The van der Waals surface area contributed by atoms with Crippen LogP contribution in [0.15, 0.2) is 66.7 Å². The van der Waals surface area contributed by atoms with E-state index < -0.39 is 0 Å². The minimum absolute atomic E-state index is 0.234. The smallest absolute Gasteiger partial charge is 0.308 e. The molecule has 0 heterocycles. The third-order valence-corrected chi connectivity index (χ3v) is 4.17. The van der Waals surface area contributed by atoms with Gasteiger partial charge in [-0.05, 0) is 55.2 Å². The van der Waals surface area contributed by atoms with E-state index in [1.165, 1.54) is 5.56 Å². The average molecular weight is 330 g/mol. The van der Waals surface area contributed by atoms with Gasteiger partial charge in [-0.3, -0.25) is 0 Å². The summed E-state index contributed by atoms with van der Waals surface area (Å²) in [6.07, 6.45) is 0. The minimum atomic E-state index is -0.234. The third-order valence-electron chi connectivity index (χ3n) is 4.17. The summed E-state index contributed by atoms with van der Waals surface area (Å²) in [5, 5.41) is 5.84. The molecule has 3 rings (SSSR count). The standard InChI is InChI=1S/C22H22N2O/c1-15-13-16(2)21(17(3)14-15)24-22(25)23-20-11-9-19(10-12-20)18-7-5-4-6-8-18/h4-14H,1-3H3,(H2,23,24,25). The Labute approximate surface area is 148 Å². The number of rotatable bonds is 3. The lowest BCUT2D eigenvalue weighted by atomic mass is 10.1. The van der Waals surface area contributed by atoms with E-state index in [-0.39, 0.29) is 6.03 Å². The zero-order chi connectivity index (χ0) is 17.8. The van der Waals surface area contributed by atoms with Crippen LogP contribution in [-0.4, -0.2) is 6.03 Å². The lowest BCUT2D eigenvalue weighted by molar-refractivity contribution is 0.262. The van der Waals surface area contributed by atoms with E-state index in [9.17, 15) is 4.79 Å². The molecular weight excluding hydrogens is 308 g/mol. The van der Waals surface area contributed by atoms with Crippen molar-refractivity contribution in [1.82, 2.24) is 0 Å². The number of anilines is 2. The molecule has 0 spiro atoms. The van der Waals surface area contributed by atoms with Crippen molar-refractivity contribution in [2.24, 2.45) is 0 Å². The summed E-state index contributed by atoms with van der Waals surface area (Å²) < 4.78 is 0. The second kappa shape index (κ2) is 7.22. The highest BCUT2D eigenvalue weighted by Gasteiger charge is 2.08. The molecule has 0 unspecified atom stereocenters. The molecule has 0 saturated heterocycles. The van der Waals surface area contributed by atoms with Crippen LogP contribution < -0.4 is 10.6 Å². The van der Waals surface area contributed by atoms with Crippen molar-refractivity contribution in [2.45, 2.75) is 20.8 Å². The van der Waals surface area contributed by atoms with Gasteiger partial charge in [0.1, 0.15) is 0 Å². The Morgan fingerprint density at radius 1 is 0.720 bits per heavy atom. The van der Waals surface area contributed by atoms with Gasteiger partial charge < -0.3 is 10.6 Å². The lowest BCUT2D eigenvalue weighted by Gasteiger charge is -2.14. The van der Waals surface area contributed by atoms with Crippen LogP contribution in [0.3, 0.4) is 0 Å². The Bertz CT molecular complexity index is 861. The first kappa shape index (κ1) is 16.8. The molecule has 0 aromatic heterocycles. The molecule has 3 nitrogen and oxygen atoms in total. The van der Waals surface area contributed by atoms with Crippen LogP contribution >= 0.6 is 0 Å². The predicted octanol–water partition coefficient (Wildman–Crippen LogP) is 5.92. The van der Waals surface area contributed by atoms with E-state index in [0.717, 1.165) is 33.6 Å². The fourth-order valence-corrected chi connectivity index (χ4v) is 3.03. The second-order valence-corrected chi connectivity index (χ2v) is 6.30. The normalized spacial score (nSPS) is 10.4. The fourth-order valence-electron chi connectivity index (χ4n) is 3.03. The summed E-state index contributed by atoms with van der Waals surface area (Å²) in [6, 6.07) is 21.9. The Kier molecular flexibility index (Phi) is 4.85. The molecule has 0 radical (unpaired) electrons. The molecule has 3 aromatic carbocycles. The van der Waals surface area contributed by atoms with Crippen LogP contribution in [0.25, 0.3) is 11.1 Å². The van der Waals surface area contributed by atoms with Crippen molar-refractivity contribution in [3.63, 3.8) is 0 Å². The average Bonchev–Trinajstić information content (AvgIpc) is 2.59. The molecule has 126 valence electrons. The van der Waals surface area contributed by atoms with Crippen LogP contribution in [-0.2, 0) is 0 Å². The summed E-state index contributed by atoms with van der Waals surface area (Å²) in [6.45, 7) is 6.06. The van der Waals surface area contributed by atoms with Gasteiger partial charge in [-0.15, -0.1) is 0 Å². The topological polar surface area (TPSA) is 41.1 Å². The van der Waals surface area contributed by atoms with Gasteiger partial charge in [0.05, 0.1) is 0 Å². The SMILES string of the molecule is Cc1cc(C)c(NC(=O)Nc2ccc(-c3ccccc3)cc2)c(C)c1. The Morgan fingerprint density at radius 3 is 1.88 bits per heavy atom. The highest BCUT2D eigenvalue weighted by molar-refractivity contribution is 6.00. The summed E-state index contributed by atoms with van der Waals surface area (Å²) in [5.41, 5.74) is 7.22. The Hall–Kier alpha value is -3.07. The number of carbonyl (C=O) groups excluding carboxylic acids is 1. The first-order chi connectivity index (χ1) is 12.0. The van der Waals surface area contributed by atoms with Crippen LogP contribution in [0.1, 0.15) is 16.7 Å². The zero-order valence-electron chi connectivity index (χ0n) is 14.8. The lowest BCUT2D eigenvalue weighted by Crippen LogP contribution is -2.20. The first-order valence-electron chi connectivity index (χ1n) is 8.34. The van der Waals surface area contributed by atoms with Crippen molar-refractivity contribution < 1.29 is 4.79 Å². The molecule has 25 heavy (non-hydrogen) atoms.